The zero-order chi connectivity index (χ0) is 17.8. The predicted molar refractivity (Wildman–Crippen MR) is 98.3 cm³/mol. The first-order chi connectivity index (χ1) is 12.0. The van der Waals surface area contributed by atoms with Gasteiger partial charge in [-0.3, -0.25) is 4.79 Å². The van der Waals surface area contributed by atoms with Crippen molar-refractivity contribution in [3.63, 3.8) is 0 Å². The van der Waals surface area contributed by atoms with Gasteiger partial charge in [0.1, 0.15) is 6.54 Å². The number of urea groups is 1. The Kier molecular flexibility index (Phi) is 5.61. The molecule has 1 saturated heterocycles. The van der Waals surface area contributed by atoms with Gasteiger partial charge in [0.25, 0.3) is 0 Å². The van der Waals surface area contributed by atoms with Crippen molar-refractivity contribution >= 4 is 11.9 Å². The third-order valence-electron chi connectivity index (χ3n) is 5.48. The SMILES string of the molecule is Cc1ccc(CN2CCN(C(=O)NC3CCCCC3)CC2=O)cc1C. The first-order valence-corrected chi connectivity index (χ1v) is 9.42. The molecule has 136 valence electrons. The molecule has 2 aliphatic rings. The van der Waals surface area contributed by atoms with E-state index in [-0.39, 0.29) is 24.5 Å². The Hall–Kier alpha value is -2.04. The highest BCUT2D eigenvalue weighted by molar-refractivity contribution is 5.85. The molecule has 0 unspecified atom stereocenters. The highest BCUT2D eigenvalue weighted by Crippen LogP contribution is 2.18. The number of hydrogen-bond acceptors (Lipinski definition) is 2. The van der Waals surface area contributed by atoms with Crippen molar-refractivity contribution < 1.29 is 9.59 Å². The molecular weight excluding hydrogens is 314 g/mol. The molecule has 3 amide bonds. The van der Waals surface area contributed by atoms with Crippen molar-refractivity contribution in [2.45, 2.75) is 58.5 Å². The molecule has 25 heavy (non-hydrogen) atoms. The van der Waals surface area contributed by atoms with E-state index < -0.39 is 0 Å². The molecule has 1 aromatic carbocycles. The molecule has 2 fully saturated rings. The van der Waals surface area contributed by atoms with Crippen molar-refractivity contribution in [3.05, 3.63) is 34.9 Å². The highest BCUT2D eigenvalue weighted by Gasteiger charge is 2.28. The van der Waals surface area contributed by atoms with E-state index >= 15 is 0 Å². The van der Waals surface area contributed by atoms with Crippen LogP contribution in [0.15, 0.2) is 18.2 Å². The first-order valence-electron chi connectivity index (χ1n) is 9.42. The van der Waals surface area contributed by atoms with Gasteiger partial charge in [-0.1, -0.05) is 37.5 Å². The lowest BCUT2D eigenvalue weighted by atomic mass is 9.96. The van der Waals surface area contributed by atoms with E-state index in [0.717, 1.165) is 18.4 Å². The minimum Gasteiger partial charge on any atom is -0.335 e. The van der Waals surface area contributed by atoms with Gasteiger partial charge < -0.3 is 15.1 Å². The van der Waals surface area contributed by atoms with Gasteiger partial charge in [-0.05, 0) is 43.4 Å². The molecule has 1 heterocycles. The van der Waals surface area contributed by atoms with Crippen LogP contribution in [-0.2, 0) is 11.3 Å². The number of hydrogen-bond donors (Lipinski definition) is 1. The third-order valence-corrected chi connectivity index (χ3v) is 5.48. The molecule has 0 radical (unpaired) electrons. The van der Waals surface area contributed by atoms with Crippen LogP contribution in [0.5, 0.6) is 0 Å². The number of carbonyl (C=O) groups excluding carboxylic acids is 2. The van der Waals surface area contributed by atoms with Gasteiger partial charge in [-0.2, -0.15) is 0 Å². The summed E-state index contributed by atoms with van der Waals surface area (Å²) in [5.41, 5.74) is 3.66. The summed E-state index contributed by atoms with van der Waals surface area (Å²) in [6, 6.07) is 6.53. The van der Waals surface area contributed by atoms with Gasteiger partial charge in [0, 0.05) is 25.7 Å². The second-order valence-electron chi connectivity index (χ2n) is 7.44. The van der Waals surface area contributed by atoms with E-state index in [9.17, 15) is 9.59 Å². The van der Waals surface area contributed by atoms with Crippen molar-refractivity contribution in [3.8, 4) is 0 Å². The number of carbonyl (C=O) groups is 2. The molecule has 0 atom stereocenters. The second kappa shape index (κ2) is 7.89. The number of nitrogens with zero attached hydrogens (tertiary/aromatic N) is 2. The van der Waals surface area contributed by atoms with Crippen LogP contribution in [0.4, 0.5) is 4.79 Å². The lowest BCUT2D eigenvalue weighted by molar-refractivity contribution is -0.135. The van der Waals surface area contributed by atoms with E-state index in [4.69, 9.17) is 0 Å². The van der Waals surface area contributed by atoms with Crippen LogP contribution in [0.1, 0.15) is 48.8 Å². The van der Waals surface area contributed by atoms with Crippen LogP contribution >= 0.6 is 0 Å². The summed E-state index contributed by atoms with van der Waals surface area (Å²) in [7, 11) is 0. The molecular formula is C20H29N3O2. The third kappa shape index (κ3) is 4.53. The van der Waals surface area contributed by atoms with Crippen molar-refractivity contribution in [1.29, 1.82) is 0 Å². The first kappa shape index (κ1) is 17.8. The van der Waals surface area contributed by atoms with Crippen LogP contribution in [0.2, 0.25) is 0 Å². The normalized spacial score (nSPS) is 19.2. The van der Waals surface area contributed by atoms with Gasteiger partial charge >= 0.3 is 6.03 Å². The summed E-state index contributed by atoms with van der Waals surface area (Å²) >= 11 is 0. The lowest BCUT2D eigenvalue weighted by Crippen LogP contribution is -2.55. The number of rotatable bonds is 3. The Balaban J connectivity index is 1.52. The Bertz CT molecular complexity index is 638. The molecule has 3 rings (SSSR count). The minimum atomic E-state index is -0.0777. The maximum absolute atomic E-state index is 12.5. The standard InChI is InChI=1S/C20H29N3O2/c1-15-8-9-17(12-16(15)2)13-22-10-11-23(14-19(22)24)20(25)21-18-6-4-3-5-7-18/h8-9,12,18H,3-7,10-11,13-14H2,1-2H3,(H,21,25). The fourth-order valence-electron chi connectivity index (χ4n) is 3.68. The monoisotopic (exact) mass is 343 g/mol. The second-order valence-corrected chi connectivity index (χ2v) is 7.44. The zero-order valence-corrected chi connectivity index (χ0v) is 15.4. The zero-order valence-electron chi connectivity index (χ0n) is 15.4. The Morgan fingerprint density at radius 2 is 1.88 bits per heavy atom. The number of piperazine rings is 1. The van der Waals surface area contributed by atoms with Gasteiger partial charge in [0.05, 0.1) is 0 Å². The van der Waals surface area contributed by atoms with Crippen LogP contribution < -0.4 is 5.32 Å². The maximum atomic E-state index is 12.5. The molecule has 1 aromatic rings. The van der Waals surface area contributed by atoms with Crippen LogP contribution in [-0.4, -0.2) is 47.4 Å². The van der Waals surface area contributed by atoms with E-state index in [2.05, 4.69) is 37.4 Å². The maximum Gasteiger partial charge on any atom is 0.318 e. The number of aryl methyl sites for hydroxylation is 2. The van der Waals surface area contributed by atoms with E-state index in [0.29, 0.717) is 19.6 Å². The average Bonchev–Trinajstić information content (AvgIpc) is 2.60. The molecule has 0 spiro atoms. The number of nitrogens with one attached hydrogen (secondary N) is 1. The molecule has 5 nitrogen and oxygen atoms in total. The van der Waals surface area contributed by atoms with E-state index in [1.54, 1.807) is 4.90 Å². The van der Waals surface area contributed by atoms with Gasteiger partial charge in [0.2, 0.25) is 5.91 Å². The Morgan fingerprint density at radius 3 is 2.56 bits per heavy atom. The highest BCUT2D eigenvalue weighted by atomic mass is 16.2. The fraction of sp³-hybridized carbons (Fsp3) is 0.600. The number of benzene rings is 1. The molecule has 1 aliphatic heterocycles. The lowest BCUT2D eigenvalue weighted by Gasteiger charge is -2.35. The van der Waals surface area contributed by atoms with Gasteiger partial charge in [0.15, 0.2) is 0 Å². The molecule has 1 saturated carbocycles. The summed E-state index contributed by atoms with van der Waals surface area (Å²) in [6.07, 6.45) is 5.77. The molecule has 0 aromatic heterocycles. The molecule has 1 aliphatic carbocycles. The summed E-state index contributed by atoms with van der Waals surface area (Å²) in [4.78, 5) is 28.4. The quantitative estimate of drug-likeness (QED) is 0.917. The number of amides is 3. The smallest absolute Gasteiger partial charge is 0.318 e. The van der Waals surface area contributed by atoms with Crippen molar-refractivity contribution in [1.82, 2.24) is 15.1 Å². The Morgan fingerprint density at radius 1 is 1.12 bits per heavy atom. The molecule has 5 heteroatoms. The predicted octanol–water partition coefficient (Wildman–Crippen LogP) is 2.99. The fourth-order valence-corrected chi connectivity index (χ4v) is 3.68. The van der Waals surface area contributed by atoms with Gasteiger partial charge in [-0.25, -0.2) is 4.79 Å². The summed E-state index contributed by atoms with van der Waals surface area (Å²) in [6.45, 7) is 6.20. The Labute approximate surface area is 150 Å². The van der Waals surface area contributed by atoms with Crippen LogP contribution in [0.25, 0.3) is 0 Å². The van der Waals surface area contributed by atoms with Crippen molar-refractivity contribution in [2.24, 2.45) is 0 Å². The van der Waals surface area contributed by atoms with E-state index in [1.165, 1.54) is 30.4 Å². The summed E-state index contributed by atoms with van der Waals surface area (Å²) in [5, 5.41) is 3.10. The van der Waals surface area contributed by atoms with Crippen LogP contribution in [0.3, 0.4) is 0 Å². The molecule has 0 bridgehead atoms. The minimum absolute atomic E-state index is 0.0308. The van der Waals surface area contributed by atoms with Crippen LogP contribution in [0, 0.1) is 13.8 Å². The summed E-state index contributed by atoms with van der Waals surface area (Å²) < 4.78 is 0. The molecule has 1 N–H and O–H groups in total. The largest absolute Gasteiger partial charge is 0.335 e. The van der Waals surface area contributed by atoms with Crippen molar-refractivity contribution in [2.75, 3.05) is 19.6 Å². The topological polar surface area (TPSA) is 52.6 Å². The summed E-state index contributed by atoms with van der Waals surface area (Å²) in [5.74, 6) is 0.0308. The van der Waals surface area contributed by atoms with Gasteiger partial charge in [-0.15, -0.1) is 0 Å². The average molecular weight is 343 g/mol. The van der Waals surface area contributed by atoms with E-state index in [1.807, 2.05) is 4.90 Å².